The minimum atomic E-state index is -0.249. The summed E-state index contributed by atoms with van der Waals surface area (Å²) >= 11 is 0. The highest BCUT2D eigenvalue weighted by Crippen LogP contribution is 2.22. The minimum Gasteiger partial charge on any atom is -0.346 e. The SMILES string of the molecule is Fc1ccc(-c2ccn(-c3ccnc4[nH]ccc34)n2)cc1. The van der Waals surface area contributed by atoms with Crippen LogP contribution >= 0.6 is 0 Å². The van der Waals surface area contributed by atoms with E-state index in [-0.39, 0.29) is 5.82 Å². The van der Waals surface area contributed by atoms with Crippen LogP contribution in [0.15, 0.2) is 61.1 Å². The zero-order chi connectivity index (χ0) is 14.2. The molecule has 5 heteroatoms. The topological polar surface area (TPSA) is 46.5 Å². The van der Waals surface area contributed by atoms with Crippen LogP contribution in [-0.2, 0) is 0 Å². The Labute approximate surface area is 119 Å². The molecule has 4 rings (SSSR count). The Hall–Kier alpha value is -2.95. The van der Waals surface area contributed by atoms with Gasteiger partial charge in [0, 0.05) is 29.5 Å². The van der Waals surface area contributed by atoms with Crippen molar-refractivity contribution in [3.05, 3.63) is 66.9 Å². The fourth-order valence-electron chi connectivity index (χ4n) is 2.38. The second-order valence-corrected chi connectivity index (χ2v) is 4.72. The summed E-state index contributed by atoms with van der Waals surface area (Å²) in [5.74, 6) is -0.249. The van der Waals surface area contributed by atoms with Crippen molar-refractivity contribution in [3.63, 3.8) is 0 Å². The predicted octanol–water partition coefficient (Wildman–Crippen LogP) is 3.55. The molecule has 0 bridgehead atoms. The lowest BCUT2D eigenvalue weighted by molar-refractivity contribution is 0.628. The molecule has 0 unspecified atom stereocenters. The van der Waals surface area contributed by atoms with E-state index in [1.165, 1.54) is 12.1 Å². The van der Waals surface area contributed by atoms with Crippen LogP contribution in [0, 0.1) is 5.82 Å². The standard InChI is InChI=1S/C16H11FN4/c17-12-3-1-11(2-4-12)14-7-10-21(20-14)15-6-9-19-16-13(15)5-8-18-16/h1-10H,(H,18,19). The summed E-state index contributed by atoms with van der Waals surface area (Å²) in [6.07, 6.45) is 5.49. The van der Waals surface area contributed by atoms with Crippen LogP contribution in [0.25, 0.3) is 28.0 Å². The number of halogens is 1. The number of aromatic amines is 1. The molecule has 0 aliphatic carbocycles. The van der Waals surface area contributed by atoms with E-state index in [2.05, 4.69) is 15.1 Å². The maximum absolute atomic E-state index is 13.0. The molecule has 0 saturated carbocycles. The number of fused-ring (bicyclic) bond motifs is 1. The Bertz CT molecular complexity index is 905. The Morgan fingerprint density at radius 1 is 1.00 bits per heavy atom. The van der Waals surface area contributed by atoms with Crippen molar-refractivity contribution in [2.24, 2.45) is 0 Å². The summed E-state index contributed by atoms with van der Waals surface area (Å²) < 4.78 is 14.8. The number of hydrogen-bond acceptors (Lipinski definition) is 2. The van der Waals surface area contributed by atoms with Crippen LogP contribution in [0.2, 0.25) is 0 Å². The van der Waals surface area contributed by atoms with Gasteiger partial charge in [0.15, 0.2) is 0 Å². The number of pyridine rings is 1. The molecule has 1 aromatic carbocycles. The molecule has 21 heavy (non-hydrogen) atoms. The van der Waals surface area contributed by atoms with Gasteiger partial charge in [0.05, 0.1) is 11.4 Å². The summed E-state index contributed by atoms with van der Waals surface area (Å²) in [4.78, 5) is 7.34. The van der Waals surface area contributed by atoms with E-state index in [1.54, 1.807) is 23.0 Å². The first-order chi connectivity index (χ1) is 10.3. The summed E-state index contributed by atoms with van der Waals surface area (Å²) in [6, 6.07) is 12.1. The van der Waals surface area contributed by atoms with Crippen molar-refractivity contribution < 1.29 is 4.39 Å². The number of benzene rings is 1. The van der Waals surface area contributed by atoms with Gasteiger partial charge in [-0.3, -0.25) is 0 Å². The van der Waals surface area contributed by atoms with Crippen molar-refractivity contribution in [1.82, 2.24) is 19.7 Å². The highest BCUT2D eigenvalue weighted by atomic mass is 19.1. The number of H-pyrrole nitrogens is 1. The molecular weight excluding hydrogens is 267 g/mol. The van der Waals surface area contributed by atoms with Crippen molar-refractivity contribution in [3.8, 4) is 16.9 Å². The zero-order valence-corrected chi connectivity index (χ0v) is 11.0. The summed E-state index contributed by atoms with van der Waals surface area (Å²) in [5, 5.41) is 5.57. The van der Waals surface area contributed by atoms with Crippen LogP contribution in [-0.4, -0.2) is 19.7 Å². The maximum atomic E-state index is 13.0. The lowest BCUT2D eigenvalue weighted by Gasteiger charge is -2.02. The second kappa shape index (κ2) is 4.56. The molecule has 0 fully saturated rings. The quantitative estimate of drug-likeness (QED) is 0.609. The van der Waals surface area contributed by atoms with Crippen molar-refractivity contribution in [1.29, 1.82) is 0 Å². The Kier molecular flexibility index (Phi) is 2.57. The van der Waals surface area contributed by atoms with Gasteiger partial charge in [-0.05, 0) is 42.5 Å². The number of rotatable bonds is 2. The molecule has 0 radical (unpaired) electrons. The first kappa shape index (κ1) is 11.8. The predicted molar refractivity (Wildman–Crippen MR) is 78.6 cm³/mol. The minimum absolute atomic E-state index is 0.249. The van der Waals surface area contributed by atoms with Gasteiger partial charge in [-0.15, -0.1) is 0 Å². The summed E-state index contributed by atoms with van der Waals surface area (Å²) in [6.45, 7) is 0. The molecule has 3 heterocycles. The first-order valence-corrected chi connectivity index (χ1v) is 6.55. The van der Waals surface area contributed by atoms with Crippen LogP contribution in [0.4, 0.5) is 4.39 Å². The summed E-state index contributed by atoms with van der Waals surface area (Å²) in [5.41, 5.74) is 3.46. The van der Waals surface area contributed by atoms with Crippen LogP contribution < -0.4 is 0 Å². The Morgan fingerprint density at radius 2 is 1.86 bits per heavy atom. The van der Waals surface area contributed by atoms with Gasteiger partial charge in [-0.1, -0.05) is 0 Å². The second-order valence-electron chi connectivity index (χ2n) is 4.72. The highest BCUT2D eigenvalue weighted by molar-refractivity contribution is 5.84. The molecule has 3 aromatic heterocycles. The zero-order valence-electron chi connectivity index (χ0n) is 11.0. The van der Waals surface area contributed by atoms with E-state index >= 15 is 0 Å². The van der Waals surface area contributed by atoms with Crippen molar-refractivity contribution in [2.75, 3.05) is 0 Å². The molecule has 0 aliphatic heterocycles. The molecule has 0 spiro atoms. The molecule has 4 nitrogen and oxygen atoms in total. The highest BCUT2D eigenvalue weighted by Gasteiger charge is 2.08. The van der Waals surface area contributed by atoms with Crippen LogP contribution in [0.3, 0.4) is 0 Å². The van der Waals surface area contributed by atoms with Gasteiger partial charge in [-0.2, -0.15) is 5.10 Å². The van der Waals surface area contributed by atoms with Crippen LogP contribution in [0.5, 0.6) is 0 Å². The van der Waals surface area contributed by atoms with Crippen molar-refractivity contribution >= 4 is 11.0 Å². The largest absolute Gasteiger partial charge is 0.346 e. The molecule has 1 N–H and O–H groups in total. The third kappa shape index (κ3) is 1.99. The van der Waals surface area contributed by atoms with E-state index in [1.807, 2.05) is 30.6 Å². The molecule has 102 valence electrons. The monoisotopic (exact) mass is 278 g/mol. The van der Waals surface area contributed by atoms with Gasteiger partial charge in [0.2, 0.25) is 0 Å². The van der Waals surface area contributed by atoms with E-state index in [9.17, 15) is 4.39 Å². The normalized spacial score (nSPS) is 11.1. The average molecular weight is 278 g/mol. The van der Waals surface area contributed by atoms with E-state index in [4.69, 9.17) is 0 Å². The van der Waals surface area contributed by atoms with Gasteiger partial charge >= 0.3 is 0 Å². The lowest BCUT2D eigenvalue weighted by atomic mass is 10.1. The van der Waals surface area contributed by atoms with Gasteiger partial charge in [-0.25, -0.2) is 14.1 Å². The first-order valence-electron chi connectivity index (χ1n) is 6.55. The van der Waals surface area contributed by atoms with Crippen molar-refractivity contribution in [2.45, 2.75) is 0 Å². The van der Waals surface area contributed by atoms with E-state index in [0.29, 0.717) is 0 Å². The third-order valence-electron chi connectivity index (χ3n) is 3.41. The molecule has 0 atom stereocenters. The fourth-order valence-corrected chi connectivity index (χ4v) is 2.38. The van der Waals surface area contributed by atoms with Gasteiger partial charge < -0.3 is 4.98 Å². The van der Waals surface area contributed by atoms with Crippen LogP contribution in [0.1, 0.15) is 0 Å². The average Bonchev–Trinajstić information content (AvgIpc) is 3.16. The number of nitrogens with one attached hydrogen (secondary N) is 1. The maximum Gasteiger partial charge on any atom is 0.139 e. The Morgan fingerprint density at radius 3 is 2.71 bits per heavy atom. The molecular formula is C16H11FN4. The smallest absolute Gasteiger partial charge is 0.139 e. The molecule has 0 amide bonds. The van der Waals surface area contributed by atoms with Gasteiger partial charge in [0.1, 0.15) is 11.5 Å². The number of hydrogen-bond donors (Lipinski definition) is 1. The Balaban J connectivity index is 1.81. The number of aromatic nitrogens is 4. The summed E-state index contributed by atoms with van der Waals surface area (Å²) in [7, 11) is 0. The molecule has 0 aliphatic rings. The third-order valence-corrected chi connectivity index (χ3v) is 3.41. The molecule has 4 aromatic rings. The molecule has 0 saturated heterocycles. The lowest BCUT2D eigenvalue weighted by Crippen LogP contribution is -1.96. The number of nitrogens with zero attached hydrogens (tertiary/aromatic N) is 3. The fraction of sp³-hybridized carbons (Fsp3) is 0. The van der Waals surface area contributed by atoms with E-state index < -0.39 is 0 Å². The van der Waals surface area contributed by atoms with Gasteiger partial charge in [0.25, 0.3) is 0 Å². The van der Waals surface area contributed by atoms with E-state index in [0.717, 1.165) is 28.0 Å².